The van der Waals surface area contributed by atoms with Crippen LogP contribution in [0.2, 0.25) is 0 Å². The van der Waals surface area contributed by atoms with Gasteiger partial charge in [-0.3, -0.25) is 0 Å². The van der Waals surface area contributed by atoms with Crippen LogP contribution in [0.5, 0.6) is 0 Å². The Hall–Kier alpha value is -1.13. The van der Waals surface area contributed by atoms with Crippen LogP contribution in [0, 0.1) is 0 Å². The quantitative estimate of drug-likeness (QED) is 0.758. The van der Waals surface area contributed by atoms with E-state index in [0.29, 0.717) is 10.5 Å². The molecule has 0 aromatic heterocycles. The van der Waals surface area contributed by atoms with E-state index in [-0.39, 0.29) is 6.54 Å². The lowest BCUT2D eigenvalue weighted by atomic mass is 10.1. The van der Waals surface area contributed by atoms with E-state index in [0.717, 1.165) is 11.1 Å². The fourth-order valence-electron chi connectivity index (χ4n) is 1.75. The Kier molecular flexibility index (Phi) is 1.97. The number of hydrogen-bond acceptors (Lipinski definition) is 3. The predicted molar refractivity (Wildman–Crippen MR) is 55.2 cm³/mol. The Morgan fingerprint density at radius 3 is 2.71 bits per heavy atom. The number of rotatable bonds is 1. The Morgan fingerprint density at radius 2 is 2.07 bits per heavy atom. The number of benzene rings is 1. The maximum Gasteiger partial charge on any atom is 0.201 e. The highest BCUT2D eigenvalue weighted by atomic mass is 32.2. The lowest BCUT2D eigenvalue weighted by Gasteiger charge is -2.05. The molecule has 1 heterocycles. The molecule has 1 aromatic carbocycles. The third-order valence-electron chi connectivity index (χ3n) is 2.36. The van der Waals surface area contributed by atoms with Crippen LogP contribution in [-0.4, -0.2) is 8.42 Å². The van der Waals surface area contributed by atoms with Crippen LogP contribution in [0.15, 0.2) is 28.5 Å². The van der Waals surface area contributed by atoms with Crippen molar-refractivity contribution in [2.45, 2.75) is 18.4 Å². The van der Waals surface area contributed by atoms with Crippen LogP contribution in [0.4, 0.5) is 0 Å². The smallest absolute Gasteiger partial charge is 0.201 e. The van der Waals surface area contributed by atoms with Gasteiger partial charge in [0, 0.05) is 12.0 Å². The first kappa shape index (κ1) is 9.43. The first-order valence-electron chi connectivity index (χ1n) is 4.32. The second kappa shape index (κ2) is 2.93. The Bertz CT molecular complexity index is 515. The zero-order chi connectivity index (χ0) is 10.3. The van der Waals surface area contributed by atoms with E-state index in [1.54, 1.807) is 13.0 Å². The second-order valence-corrected chi connectivity index (χ2v) is 5.08. The number of nitrogens with two attached hydrogens (primary N) is 1. The Balaban J connectivity index is 2.83. The van der Waals surface area contributed by atoms with Crippen molar-refractivity contribution >= 4 is 15.4 Å². The van der Waals surface area contributed by atoms with Crippen LogP contribution < -0.4 is 5.73 Å². The van der Waals surface area contributed by atoms with Crippen LogP contribution in [0.3, 0.4) is 0 Å². The molecule has 0 saturated carbocycles. The molecule has 0 amide bonds. The molecule has 0 bridgehead atoms. The summed E-state index contributed by atoms with van der Waals surface area (Å²) in [6.45, 7) is 2.05. The summed E-state index contributed by atoms with van der Waals surface area (Å²) in [5.74, 6) is 0. The summed E-state index contributed by atoms with van der Waals surface area (Å²) in [6.07, 6.45) is 0. The van der Waals surface area contributed by atoms with Gasteiger partial charge in [0.1, 0.15) is 0 Å². The number of sulfone groups is 1. The number of hydrogen-bond donors (Lipinski definition) is 1. The van der Waals surface area contributed by atoms with Crippen LogP contribution in [-0.2, 0) is 16.4 Å². The van der Waals surface area contributed by atoms with Crippen LogP contribution in [0.25, 0.3) is 5.57 Å². The highest BCUT2D eigenvalue weighted by Crippen LogP contribution is 2.34. The molecule has 4 heteroatoms. The molecule has 0 radical (unpaired) electrons. The van der Waals surface area contributed by atoms with E-state index in [4.69, 9.17) is 5.73 Å². The average Bonchev–Trinajstić information content (AvgIpc) is 2.38. The molecule has 0 atom stereocenters. The summed E-state index contributed by atoms with van der Waals surface area (Å²) >= 11 is 0. The fourth-order valence-corrected chi connectivity index (χ4v) is 3.51. The first-order valence-corrected chi connectivity index (χ1v) is 5.86. The summed E-state index contributed by atoms with van der Waals surface area (Å²) in [4.78, 5) is 0.389. The summed E-state index contributed by atoms with van der Waals surface area (Å²) < 4.78 is 23.4. The highest BCUT2D eigenvalue weighted by Gasteiger charge is 2.26. The van der Waals surface area contributed by atoms with Crippen molar-refractivity contribution < 1.29 is 8.42 Å². The molecule has 2 N–H and O–H groups in total. The summed E-state index contributed by atoms with van der Waals surface area (Å²) in [6, 6.07) is 5.40. The normalized spacial score (nSPS) is 17.7. The molecule has 74 valence electrons. The number of fused-ring (bicyclic) bond motifs is 1. The van der Waals surface area contributed by atoms with E-state index in [1.807, 2.05) is 12.1 Å². The van der Waals surface area contributed by atoms with Gasteiger partial charge in [0.15, 0.2) is 0 Å². The Morgan fingerprint density at radius 1 is 1.36 bits per heavy atom. The van der Waals surface area contributed by atoms with E-state index < -0.39 is 9.84 Å². The van der Waals surface area contributed by atoms with Crippen molar-refractivity contribution in [2.24, 2.45) is 5.73 Å². The van der Waals surface area contributed by atoms with E-state index >= 15 is 0 Å². The van der Waals surface area contributed by atoms with Gasteiger partial charge in [0.2, 0.25) is 9.84 Å². The lowest BCUT2D eigenvalue weighted by Crippen LogP contribution is -2.04. The molecule has 0 aliphatic carbocycles. The summed E-state index contributed by atoms with van der Waals surface area (Å²) in [5, 5.41) is 1.30. The molecule has 2 rings (SSSR count). The third kappa shape index (κ3) is 1.19. The van der Waals surface area contributed by atoms with Crippen molar-refractivity contribution in [3.63, 3.8) is 0 Å². The van der Waals surface area contributed by atoms with Gasteiger partial charge in [0.25, 0.3) is 0 Å². The van der Waals surface area contributed by atoms with Gasteiger partial charge in [-0.25, -0.2) is 8.42 Å². The van der Waals surface area contributed by atoms with Crippen LogP contribution in [0.1, 0.15) is 18.1 Å². The third-order valence-corrected chi connectivity index (χ3v) is 4.07. The second-order valence-electron chi connectivity index (χ2n) is 3.34. The van der Waals surface area contributed by atoms with E-state index in [9.17, 15) is 8.42 Å². The standard InChI is InChI=1S/C10H11NO2S/c1-7-6-14(12,13)10-8(5-11)3-2-4-9(7)10/h2-4,6H,5,11H2,1H3. The zero-order valence-electron chi connectivity index (χ0n) is 7.82. The van der Waals surface area contributed by atoms with Gasteiger partial charge in [-0.15, -0.1) is 0 Å². The molecule has 1 aliphatic rings. The summed E-state index contributed by atoms with van der Waals surface area (Å²) in [5.41, 5.74) is 7.76. The minimum absolute atomic E-state index is 0.253. The van der Waals surface area contributed by atoms with Gasteiger partial charge in [-0.05, 0) is 23.6 Å². The van der Waals surface area contributed by atoms with Crippen molar-refractivity contribution in [1.82, 2.24) is 0 Å². The molecule has 0 saturated heterocycles. The molecule has 3 nitrogen and oxygen atoms in total. The molecule has 1 aliphatic heterocycles. The molecule has 0 unspecified atom stereocenters. The SMILES string of the molecule is CC1=CS(=O)(=O)c2c(CN)cccc21. The molecule has 1 aromatic rings. The van der Waals surface area contributed by atoms with Gasteiger partial charge in [-0.2, -0.15) is 0 Å². The average molecular weight is 209 g/mol. The minimum Gasteiger partial charge on any atom is -0.326 e. The zero-order valence-corrected chi connectivity index (χ0v) is 8.64. The molecular formula is C10H11NO2S. The van der Waals surface area contributed by atoms with Crippen molar-refractivity contribution in [3.8, 4) is 0 Å². The van der Waals surface area contributed by atoms with E-state index in [1.165, 1.54) is 5.41 Å². The molecular weight excluding hydrogens is 198 g/mol. The maximum absolute atomic E-state index is 11.7. The summed E-state index contributed by atoms with van der Waals surface area (Å²) in [7, 11) is -3.24. The van der Waals surface area contributed by atoms with Crippen LogP contribution >= 0.6 is 0 Å². The Labute approximate surface area is 83.2 Å². The highest BCUT2D eigenvalue weighted by molar-refractivity contribution is 7.95. The maximum atomic E-state index is 11.7. The minimum atomic E-state index is -3.24. The fraction of sp³-hybridized carbons (Fsp3) is 0.200. The predicted octanol–water partition coefficient (Wildman–Crippen LogP) is 1.29. The molecule has 14 heavy (non-hydrogen) atoms. The first-order chi connectivity index (χ1) is 6.56. The van der Waals surface area contributed by atoms with Gasteiger partial charge < -0.3 is 5.73 Å². The topological polar surface area (TPSA) is 60.2 Å². The lowest BCUT2D eigenvalue weighted by molar-refractivity contribution is 0.604. The van der Waals surface area contributed by atoms with E-state index in [2.05, 4.69) is 0 Å². The monoisotopic (exact) mass is 209 g/mol. The van der Waals surface area contributed by atoms with Crippen molar-refractivity contribution in [3.05, 3.63) is 34.7 Å². The molecule has 0 fully saturated rings. The van der Waals surface area contributed by atoms with Crippen molar-refractivity contribution in [1.29, 1.82) is 0 Å². The largest absolute Gasteiger partial charge is 0.326 e. The van der Waals surface area contributed by atoms with Crippen molar-refractivity contribution in [2.75, 3.05) is 0 Å². The molecule has 0 spiro atoms. The number of allylic oxidation sites excluding steroid dienone is 1. The van der Waals surface area contributed by atoms with Gasteiger partial charge in [-0.1, -0.05) is 18.2 Å². The van der Waals surface area contributed by atoms with Gasteiger partial charge >= 0.3 is 0 Å². The van der Waals surface area contributed by atoms with Gasteiger partial charge in [0.05, 0.1) is 4.90 Å².